The summed E-state index contributed by atoms with van der Waals surface area (Å²) in [7, 11) is -2.67. The smallest absolute Gasteiger partial charge is 0.339 e. The molecule has 0 radical (unpaired) electrons. The molecule has 6 nitrogen and oxygen atoms in total. The van der Waals surface area contributed by atoms with Gasteiger partial charge in [0, 0.05) is 17.0 Å². The number of nitrogens with zero attached hydrogens (tertiary/aromatic N) is 1. The maximum absolute atomic E-state index is 13.5. The molecular weight excluding hydrogens is 423 g/mol. The summed E-state index contributed by atoms with van der Waals surface area (Å²) in [6, 6.07) is 11.2. The maximum Gasteiger partial charge on any atom is 0.339 e. The van der Waals surface area contributed by atoms with Crippen LogP contribution in [0.25, 0.3) is 22.2 Å². The van der Waals surface area contributed by atoms with E-state index in [-0.39, 0.29) is 27.5 Å². The number of methoxy groups -OCH3 is 1. The highest BCUT2D eigenvalue weighted by Gasteiger charge is 2.20. The Morgan fingerprint density at radius 2 is 1.53 bits per heavy atom. The molecule has 4 aromatic rings. The summed E-state index contributed by atoms with van der Waals surface area (Å²) < 4.78 is 80.3. The highest BCUT2D eigenvalue weighted by atomic mass is 32.2. The summed E-state index contributed by atoms with van der Waals surface area (Å²) >= 11 is 0. The first-order valence-corrected chi connectivity index (χ1v) is 9.82. The normalized spacial score (nSPS) is 11.6. The number of hydrogen-bond donors (Lipinski definition) is 0. The molecule has 0 saturated heterocycles. The molecule has 4 rings (SSSR count). The van der Waals surface area contributed by atoms with Gasteiger partial charge in [0.05, 0.1) is 7.11 Å². The lowest BCUT2D eigenvalue weighted by Gasteiger charge is -2.07. The van der Waals surface area contributed by atoms with Gasteiger partial charge in [-0.1, -0.05) is 5.16 Å². The van der Waals surface area contributed by atoms with E-state index in [2.05, 4.69) is 5.16 Å². The van der Waals surface area contributed by atoms with Crippen molar-refractivity contribution >= 4 is 21.1 Å². The zero-order valence-electron chi connectivity index (χ0n) is 15.2. The molecule has 10 heteroatoms. The van der Waals surface area contributed by atoms with Gasteiger partial charge in [0.25, 0.3) is 0 Å². The Labute approximate surface area is 168 Å². The minimum atomic E-state index is -4.13. The van der Waals surface area contributed by atoms with Crippen molar-refractivity contribution in [2.45, 2.75) is 4.90 Å². The molecule has 0 amide bonds. The van der Waals surface area contributed by atoms with Crippen LogP contribution >= 0.6 is 0 Å². The third-order valence-electron chi connectivity index (χ3n) is 4.25. The van der Waals surface area contributed by atoms with Crippen LogP contribution in [0.5, 0.6) is 11.5 Å². The van der Waals surface area contributed by atoms with Crippen LogP contribution < -0.4 is 8.92 Å². The number of rotatable bonds is 5. The van der Waals surface area contributed by atoms with Gasteiger partial charge in [0.15, 0.2) is 23.0 Å². The zero-order chi connectivity index (χ0) is 21.5. The molecule has 30 heavy (non-hydrogen) atoms. The topological polar surface area (TPSA) is 78.6 Å². The van der Waals surface area contributed by atoms with Gasteiger partial charge < -0.3 is 13.4 Å². The van der Waals surface area contributed by atoms with Crippen LogP contribution in [-0.4, -0.2) is 20.7 Å². The highest BCUT2D eigenvalue weighted by molar-refractivity contribution is 7.87. The lowest BCUT2D eigenvalue weighted by atomic mass is 10.1. The first kappa shape index (κ1) is 19.8. The molecule has 0 aliphatic carbocycles. The number of ether oxygens (including phenoxy) is 1. The second-order valence-corrected chi connectivity index (χ2v) is 7.70. The minimum Gasteiger partial charge on any atom is -0.497 e. The van der Waals surface area contributed by atoms with Crippen molar-refractivity contribution in [1.29, 1.82) is 0 Å². The van der Waals surface area contributed by atoms with E-state index in [1.807, 2.05) is 0 Å². The number of aromatic nitrogens is 1. The molecule has 0 atom stereocenters. The van der Waals surface area contributed by atoms with Crippen molar-refractivity contribution in [3.8, 4) is 22.8 Å². The second kappa shape index (κ2) is 7.38. The highest BCUT2D eigenvalue weighted by Crippen LogP contribution is 2.32. The van der Waals surface area contributed by atoms with Gasteiger partial charge in [0.1, 0.15) is 22.1 Å². The van der Waals surface area contributed by atoms with Gasteiger partial charge in [0.2, 0.25) is 0 Å². The third-order valence-corrected chi connectivity index (χ3v) is 5.52. The fourth-order valence-corrected chi connectivity index (χ4v) is 3.71. The van der Waals surface area contributed by atoms with Crippen LogP contribution in [-0.2, 0) is 10.1 Å². The third kappa shape index (κ3) is 3.57. The summed E-state index contributed by atoms with van der Waals surface area (Å²) in [6.45, 7) is 0. The predicted octanol–water partition coefficient (Wildman–Crippen LogP) is 4.69. The molecule has 0 N–H and O–H groups in total. The molecule has 0 saturated carbocycles. The van der Waals surface area contributed by atoms with Gasteiger partial charge >= 0.3 is 10.1 Å². The van der Waals surface area contributed by atoms with Crippen molar-refractivity contribution in [2.24, 2.45) is 0 Å². The Morgan fingerprint density at radius 3 is 2.17 bits per heavy atom. The average Bonchev–Trinajstić information content (AvgIpc) is 3.14. The van der Waals surface area contributed by atoms with E-state index in [4.69, 9.17) is 13.4 Å². The minimum absolute atomic E-state index is 0.0373. The quantitative estimate of drug-likeness (QED) is 0.334. The molecule has 0 aliphatic heterocycles. The van der Waals surface area contributed by atoms with Crippen molar-refractivity contribution in [3.05, 3.63) is 72.0 Å². The zero-order valence-corrected chi connectivity index (χ0v) is 16.0. The summed E-state index contributed by atoms with van der Waals surface area (Å²) in [6.07, 6.45) is 0. The van der Waals surface area contributed by atoms with Crippen LogP contribution in [0.3, 0.4) is 0 Å². The van der Waals surface area contributed by atoms with Crippen LogP contribution in [0.1, 0.15) is 0 Å². The Hall–Kier alpha value is -3.53. The molecule has 0 aliphatic rings. The molecule has 0 bridgehead atoms. The van der Waals surface area contributed by atoms with Gasteiger partial charge in [-0.3, -0.25) is 0 Å². The lowest BCUT2D eigenvalue weighted by molar-refractivity contribution is 0.414. The summed E-state index contributed by atoms with van der Waals surface area (Å²) in [5.74, 6) is -3.90. The molecule has 0 fully saturated rings. The SMILES string of the molecule is COc1ccc(S(=O)(=O)Oc2ccc3c(-c4cc(F)c(F)c(F)c4)noc3c2)cc1. The van der Waals surface area contributed by atoms with Crippen LogP contribution in [0.2, 0.25) is 0 Å². The van der Waals surface area contributed by atoms with Crippen LogP contribution in [0.15, 0.2) is 64.0 Å². The van der Waals surface area contributed by atoms with Crippen molar-refractivity contribution in [2.75, 3.05) is 7.11 Å². The van der Waals surface area contributed by atoms with Crippen molar-refractivity contribution < 1.29 is 35.0 Å². The summed E-state index contributed by atoms with van der Waals surface area (Å²) in [4.78, 5) is -0.0843. The first-order chi connectivity index (χ1) is 14.3. The van der Waals surface area contributed by atoms with Gasteiger partial charge in [-0.2, -0.15) is 8.42 Å². The molecule has 0 unspecified atom stereocenters. The van der Waals surface area contributed by atoms with E-state index in [0.717, 1.165) is 12.1 Å². The number of hydrogen-bond acceptors (Lipinski definition) is 6. The molecule has 1 aromatic heterocycles. The molecule has 1 heterocycles. The largest absolute Gasteiger partial charge is 0.497 e. The predicted molar refractivity (Wildman–Crippen MR) is 100 cm³/mol. The van der Waals surface area contributed by atoms with Crippen molar-refractivity contribution in [1.82, 2.24) is 5.16 Å². The van der Waals surface area contributed by atoms with Gasteiger partial charge in [-0.25, -0.2) is 13.2 Å². The van der Waals surface area contributed by atoms with E-state index >= 15 is 0 Å². The standard InChI is InChI=1S/C20H12F3NO5S/c1-27-12-2-5-14(6-3-12)30(25,26)29-13-4-7-15-18(10-13)28-24-20(15)11-8-16(21)19(23)17(22)9-11/h2-10H,1H3. The molecular formula is C20H12F3NO5S. The molecule has 3 aromatic carbocycles. The molecule has 0 spiro atoms. The second-order valence-electron chi connectivity index (χ2n) is 6.16. The average molecular weight is 435 g/mol. The van der Waals surface area contributed by atoms with Crippen LogP contribution in [0, 0.1) is 17.5 Å². The summed E-state index contributed by atoms with van der Waals surface area (Å²) in [5, 5.41) is 4.07. The van der Waals surface area contributed by atoms with Gasteiger partial charge in [-0.15, -0.1) is 0 Å². The summed E-state index contributed by atoms with van der Waals surface area (Å²) in [5.41, 5.74) is 0.134. The monoisotopic (exact) mass is 435 g/mol. The molecule has 154 valence electrons. The Bertz CT molecular complexity index is 1330. The van der Waals surface area contributed by atoms with E-state index in [1.54, 1.807) is 0 Å². The number of halogens is 3. The van der Waals surface area contributed by atoms with E-state index in [1.165, 1.54) is 49.6 Å². The Kier molecular flexibility index (Phi) is 4.86. The van der Waals surface area contributed by atoms with E-state index in [0.29, 0.717) is 11.1 Å². The van der Waals surface area contributed by atoms with Crippen LogP contribution in [0.4, 0.5) is 13.2 Å². The van der Waals surface area contributed by atoms with E-state index in [9.17, 15) is 21.6 Å². The first-order valence-electron chi connectivity index (χ1n) is 8.41. The maximum atomic E-state index is 13.5. The fourth-order valence-electron chi connectivity index (χ4n) is 2.79. The Morgan fingerprint density at radius 1 is 0.900 bits per heavy atom. The van der Waals surface area contributed by atoms with E-state index < -0.39 is 27.6 Å². The number of fused-ring (bicyclic) bond motifs is 1. The van der Waals surface area contributed by atoms with Crippen molar-refractivity contribution in [3.63, 3.8) is 0 Å². The lowest BCUT2D eigenvalue weighted by Crippen LogP contribution is -2.09. The Balaban J connectivity index is 1.66. The number of benzene rings is 3. The fraction of sp³-hybridized carbons (Fsp3) is 0.0500. The van der Waals surface area contributed by atoms with Gasteiger partial charge in [-0.05, 0) is 48.5 Å².